The van der Waals surface area contributed by atoms with E-state index < -0.39 is 6.61 Å². The number of aliphatic hydroxyl groups is 2. The Hall–Kier alpha value is -9.62. The number of rotatable bonds is 17. The molecule has 0 radical (unpaired) electrons. The molecule has 2 N–H and O–H groups in total. The molecule has 14 heteroatoms. The summed E-state index contributed by atoms with van der Waals surface area (Å²) in [6, 6.07) is 25.6. The summed E-state index contributed by atoms with van der Waals surface area (Å²) in [4.78, 5) is 0. The van der Waals surface area contributed by atoms with Crippen molar-refractivity contribution in [3.63, 3.8) is 0 Å². The van der Waals surface area contributed by atoms with E-state index in [9.17, 15) is 10.2 Å². The first-order valence-electron chi connectivity index (χ1n) is 23.9. The molecular formula is C64H60O14. The molecule has 0 atom stereocenters. The van der Waals surface area contributed by atoms with E-state index >= 15 is 0 Å². The number of allylic oxidation sites excluding steroid dienone is 1. The monoisotopic (exact) mass is 1050 g/mol. The molecule has 0 aliphatic carbocycles. The van der Waals surface area contributed by atoms with Crippen molar-refractivity contribution in [2.45, 2.75) is 12.8 Å². The molecule has 0 amide bonds. The summed E-state index contributed by atoms with van der Waals surface area (Å²) in [7, 11) is 18.5. The van der Waals surface area contributed by atoms with Crippen LogP contribution in [0.5, 0.6) is 69.0 Å². The summed E-state index contributed by atoms with van der Waals surface area (Å²) in [5.41, 5.74) is 7.70. The highest BCUT2D eigenvalue weighted by Gasteiger charge is 2.17. The lowest BCUT2D eigenvalue weighted by Gasteiger charge is -2.13. The molecule has 78 heavy (non-hydrogen) atoms. The Balaban J connectivity index is 1.47. The van der Waals surface area contributed by atoms with Crippen LogP contribution in [0.3, 0.4) is 0 Å². The second kappa shape index (κ2) is 28.3. The van der Waals surface area contributed by atoms with E-state index in [1.54, 1.807) is 77.0 Å². The van der Waals surface area contributed by atoms with E-state index in [0.29, 0.717) is 125 Å². The summed E-state index contributed by atoms with van der Waals surface area (Å²) in [6.07, 6.45) is 0.548. The van der Waals surface area contributed by atoms with Gasteiger partial charge >= 0.3 is 0 Å². The van der Waals surface area contributed by atoms with Gasteiger partial charge in [-0.25, -0.2) is 0 Å². The van der Waals surface area contributed by atoms with E-state index in [-0.39, 0.29) is 19.4 Å². The number of hydrogen-bond acceptors (Lipinski definition) is 14. The molecule has 0 aliphatic rings. The van der Waals surface area contributed by atoms with E-state index in [4.69, 9.17) is 56.8 Å². The van der Waals surface area contributed by atoms with Crippen LogP contribution in [-0.2, 0) is 12.8 Å². The topological polar surface area (TPSA) is 151 Å². The quantitative estimate of drug-likeness (QED) is 0.0841. The fourth-order valence-electron chi connectivity index (χ4n) is 8.11. The minimum absolute atomic E-state index is 0.272. The molecule has 0 unspecified atom stereocenters. The number of aliphatic hydroxyl groups excluding tert-OH is 2. The number of hydrogen-bond donors (Lipinski definition) is 2. The van der Waals surface area contributed by atoms with Crippen molar-refractivity contribution in [1.29, 1.82) is 0 Å². The molecule has 0 aromatic heterocycles. The van der Waals surface area contributed by atoms with Gasteiger partial charge in [-0.1, -0.05) is 71.3 Å². The summed E-state index contributed by atoms with van der Waals surface area (Å²) >= 11 is 0. The van der Waals surface area contributed by atoms with Crippen LogP contribution in [0, 0.1) is 59.2 Å². The normalized spacial score (nSPS) is 10.3. The van der Waals surface area contributed by atoms with Crippen LogP contribution in [0.1, 0.15) is 55.6 Å². The fraction of sp³-hybridized carbons (Fsp3) is 0.250. The number of methoxy groups -OCH3 is 12. The van der Waals surface area contributed by atoms with Crippen LogP contribution in [0.4, 0.5) is 0 Å². The smallest absolute Gasteiger partial charge is 0.203 e. The zero-order valence-corrected chi connectivity index (χ0v) is 45.7. The first-order chi connectivity index (χ1) is 38.0. The van der Waals surface area contributed by atoms with Crippen molar-refractivity contribution < 1.29 is 67.1 Å². The average Bonchev–Trinajstić information content (AvgIpc) is 3.48. The Labute approximate surface area is 456 Å². The van der Waals surface area contributed by atoms with E-state index in [0.717, 1.165) is 11.1 Å². The van der Waals surface area contributed by atoms with Gasteiger partial charge in [0.15, 0.2) is 46.0 Å². The van der Waals surface area contributed by atoms with Crippen molar-refractivity contribution >= 4 is 0 Å². The van der Waals surface area contributed by atoms with Gasteiger partial charge in [0.05, 0.1) is 91.9 Å². The van der Waals surface area contributed by atoms with Crippen LogP contribution in [0.2, 0.25) is 0 Å². The van der Waals surface area contributed by atoms with Crippen molar-refractivity contribution in [2.24, 2.45) is 0 Å². The van der Waals surface area contributed by atoms with Crippen LogP contribution in [0.15, 0.2) is 96.1 Å². The Bertz CT molecular complexity index is 3410. The standard InChI is InChI=1S/C64H60O14/c1-67-53-32-43(33-54(68-2)61(53)75-9)17-23-47-21-15-41(29-50(47)25-19-45-36-57(71-5)63(77-11)58(37-45)72-6)28-49(14-13-27-65)52(40-66)31-42-16-22-48(24-18-44-34-55(69-3)62(76-10)56(35-44)70-4)51(30-42)26-20-46-38-59(73-7)64(78-12)60(39-46)74-8/h15-16,21-22,29-30,32-39,65-66H,27-28,31,40H2,1-12H3/b52-49-. The molecule has 400 valence electrons. The minimum Gasteiger partial charge on any atom is -0.493 e. The Morgan fingerprint density at radius 1 is 0.333 bits per heavy atom. The lowest BCUT2D eigenvalue weighted by molar-refractivity contribution is 0.324. The third kappa shape index (κ3) is 14.0. The number of benzene rings is 6. The Morgan fingerprint density at radius 2 is 0.615 bits per heavy atom. The van der Waals surface area contributed by atoms with Gasteiger partial charge in [0.1, 0.15) is 6.61 Å². The highest BCUT2D eigenvalue weighted by molar-refractivity contribution is 5.65. The molecule has 6 aromatic carbocycles. The maximum absolute atomic E-state index is 11.1. The zero-order chi connectivity index (χ0) is 56.1. The first kappa shape index (κ1) is 57.7. The molecule has 0 saturated carbocycles. The van der Waals surface area contributed by atoms with E-state index in [2.05, 4.69) is 59.2 Å². The molecular weight excluding hydrogens is 993 g/mol. The lowest BCUT2D eigenvalue weighted by Crippen LogP contribution is -2.04. The largest absolute Gasteiger partial charge is 0.493 e. The average molecular weight is 1050 g/mol. The second-order valence-electron chi connectivity index (χ2n) is 16.5. The molecule has 6 rings (SSSR count). The van der Waals surface area contributed by atoms with Crippen molar-refractivity contribution in [3.05, 3.63) is 152 Å². The van der Waals surface area contributed by atoms with Gasteiger partial charge in [-0.05, 0) is 95.9 Å². The Morgan fingerprint density at radius 3 is 0.872 bits per heavy atom. The molecule has 0 aliphatic heterocycles. The van der Waals surface area contributed by atoms with E-state index in [1.165, 1.54) is 56.9 Å². The number of ether oxygens (including phenoxy) is 12. The third-order valence-electron chi connectivity index (χ3n) is 11.9. The summed E-state index contributed by atoms with van der Waals surface area (Å²) in [6.45, 7) is -0.736. The lowest BCUT2D eigenvalue weighted by atomic mass is 9.93. The summed E-state index contributed by atoms with van der Waals surface area (Å²) < 4.78 is 66.9. The second-order valence-corrected chi connectivity index (χ2v) is 16.5. The van der Waals surface area contributed by atoms with Crippen LogP contribution in [0.25, 0.3) is 0 Å². The maximum atomic E-state index is 11.1. The molecule has 0 spiro atoms. The van der Waals surface area contributed by atoms with Gasteiger partial charge in [0.25, 0.3) is 0 Å². The molecule has 0 fully saturated rings. The predicted molar refractivity (Wildman–Crippen MR) is 298 cm³/mol. The van der Waals surface area contributed by atoms with Gasteiger partial charge in [0.2, 0.25) is 23.0 Å². The van der Waals surface area contributed by atoms with Gasteiger partial charge in [-0.2, -0.15) is 0 Å². The maximum Gasteiger partial charge on any atom is 0.203 e. The molecule has 0 bridgehead atoms. The predicted octanol–water partition coefficient (Wildman–Crippen LogP) is 8.46. The molecule has 0 saturated heterocycles. The van der Waals surface area contributed by atoms with Crippen LogP contribution >= 0.6 is 0 Å². The van der Waals surface area contributed by atoms with Crippen LogP contribution < -0.4 is 56.8 Å². The summed E-state index contributed by atoms with van der Waals surface area (Å²) in [5, 5.41) is 21.1. The first-order valence-corrected chi connectivity index (χ1v) is 23.9. The van der Waals surface area contributed by atoms with Crippen LogP contribution in [-0.4, -0.2) is 109 Å². The van der Waals surface area contributed by atoms with Gasteiger partial charge in [0, 0.05) is 56.5 Å². The van der Waals surface area contributed by atoms with Crippen molar-refractivity contribution in [3.8, 4) is 128 Å². The minimum atomic E-state index is -0.400. The van der Waals surface area contributed by atoms with Gasteiger partial charge in [-0.15, -0.1) is 0 Å². The fourth-order valence-corrected chi connectivity index (χ4v) is 8.11. The van der Waals surface area contributed by atoms with Gasteiger partial charge in [-0.3, -0.25) is 0 Å². The summed E-state index contributed by atoms with van der Waals surface area (Å²) in [5.74, 6) is 37.5. The van der Waals surface area contributed by atoms with Crippen molar-refractivity contribution in [1.82, 2.24) is 0 Å². The Kier molecular flexibility index (Phi) is 20.9. The highest BCUT2D eigenvalue weighted by atomic mass is 16.5. The van der Waals surface area contributed by atoms with Crippen molar-refractivity contribution in [2.75, 3.05) is 98.5 Å². The zero-order valence-electron chi connectivity index (χ0n) is 45.7. The third-order valence-corrected chi connectivity index (χ3v) is 11.9. The molecule has 0 heterocycles. The molecule has 14 nitrogen and oxygen atoms in total. The SMILES string of the molecule is COc1cc(C#Cc2ccc(C/C(C#CCO)=C(\CO)Cc3ccc(C#Cc4cc(OC)c(OC)c(OC)c4)c(C#Cc4cc(OC)c(OC)c(OC)c4)c3)cc2C#Cc2cc(OC)c(OC)c(OC)c2)cc(OC)c1OC. The van der Waals surface area contributed by atoms with E-state index in [1.807, 2.05) is 36.4 Å². The molecule has 6 aromatic rings. The van der Waals surface area contributed by atoms with Gasteiger partial charge < -0.3 is 67.1 Å². The highest BCUT2D eigenvalue weighted by Crippen LogP contribution is 2.41.